The summed E-state index contributed by atoms with van der Waals surface area (Å²) in [6.07, 6.45) is 0. The molecule has 1 aromatic carbocycles. The number of nitrogens with two attached hydrogens (primary N) is 1. The number of aliphatic imine (C=N–C) groups is 1. The van der Waals surface area contributed by atoms with Crippen LogP contribution in [0.1, 0.15) is 48.2 Å². The van der Waals surface area contributed by atoms with E-state index in [1.54, 1.807) is 19.2 Å². The number of ether oxygens (including phenoxy) is 1. The molecule has 0 fully saturated rings. The summed E-state index contributed by atoms with van der Waals surface area (Å²) in [6.45, 7) is 9.05. The van der Waals surface area contributed by atoms with Gasteiger partial charge in [0.25, 0.3) is 5.91 Å². The number of nitrogens with one attached hydrogen (secondary N) is 2. The van der Waals surface area contributed by atoms with Gasteiger partial charge in [-0.25, -0.2) is 0 Å². The van der Waals surface area contributed by atoms with E-state index in [0.717, 1.165) is 16.9 Å². The molecule has 0 unspecified atom stereocenters. The molecule has 0 aliphatic heterocycles. The van der Waals surface area contributed by atoms with Crippen LogP contribution in [0.4, 0.5) is 0 Å². The van der Waals surface area contributed by atoms with Crippen LogP contribution in [0, 0.1) is 6.92 Å². The minimum atomic E-state index is -0.588. The zero-order valence-corrected chi connectivity index (χ0v) is 16.6. The molecule has 0 bridgehead atoms. The van der Waals surface area contributed by atoms with Gasteiger partial charge in [0, 0.05) is 19.2 Å². The van der Waals surface area contributed by atoms with Crippen LogP contribution in [0.15, 0.2) is 39.7 Å². The number of aryl methyl sites for hydroxylation is 1. The summed E-state index contributed by atoms with van der Waals surface area (Å²) in [5.41, 5.74) is 7.09. The summed E-state index contributed by atoms with van der Waals surface area (Å²) in [5.74, 6) is 1.60. The molecule has 1 heterocycles. The van der Waals surface area contributed by atoms with E-state index in [0.29, 0.717) is 24.8 Å². The summed E-state index contributed by atoms with van der Waals surface area (Å²) in [7, 11) is 1.69. The maximum absolute atomic E-state index is 11.1. The van der Waals surface area contributed by atoms with Crippen LogP contribution in [-0.4, -0.2) is 24.5 Å². The summed E-state index contributed by atoms with van der Waals surface area (Å²) in [6, 6.07) is 9.39. The van der Waals surface area contributed by atoms with Crippen molar-refractivity contribution in [3.8, 4) is 5.75 Å². The van der Waals surface area contributed by atoms with Crippen molar-refractivity contribution in [3.05, 3.63) is 53.0 Å². The highest BCUT2D eigenvalue weighted by Gasteiger charge is 2.15. The van der Waals surface area contributed by atoms with E-state index >= 15 is 0 Å². The van der Waals surface area contributed by atoms with Gasteiger partial charge >= 0.3 is 0 Å². The number of hydrogen-bond donors (Lipinski definition) is 3. The minimum Gasteiger partial charge on any atom is -0.488 e. The van der Waals surface area contributed by atoms with Crippen LogP contribution in [0.2, 0.25) is 0 Å². The predicted octanol–water partition coefficient (Wildman–Crippen LogP) is 2.73. The van der Waals surface area contributed by atoms with Gasteiger partial charge in [0.15, 0.2) is 11.7 Å². The Hall–Kier alpha value is -2.96. The van der Waals surface area contributed by atoms with Gasteiger partial charge in [-0.2, -0.15) is 0 Å². The molecule has 0 radical (unpaired) electrons. The molecule has 0 saturated heterocycles. The highest BCUT2D eigenvalue weighted by atomic mass is 16.5. The number of benzene rings is 1. The number of primary amides is 1. The third-order valence-electron chi connectivity index (χ3n) is 3.64. The Labute approximate surface area is 160 Å². The summed E-state index contributed by atoms with van der Waals surface area (Å²) in [5, 5.41) is 6.40. The summed E-state index contributed by atoms with van der Waals surface area (Å²) in [4.78, 5) is 15.3. The molecular formula is C20H28N4O3. The Morgan fingerprint density at radius 2 is 1.89 bits per heavy atom. The third kappa shape index (κ3) is 6.36. The summed E-state index contributed by atoms with van der Waals surface area (Å²) < 4.78 is 11.4. The molecule has 0 saturated carbocycles. The first-order chi connectivity index (χ1) is 12.7. The second-order valence-corrected chi connectivity index (χ2v) is 7.24. The molecule has 0 aliphatic rings. The maximum Gasteiger partial charge on any atom is 0.284 e. The average molecular weight is 372 g/mol. The van der Waals surface area contributed by atoms with Crippen LogP contribution in [0.25, 0.3) is 0 Å². The molecule has 4 N–H and O–H groups in total. The van der Waals surface area contributed by atoms with E-state index in [2.05, 4.69) is 21.7 Å². The third-order valence-corrected chi connectivity index (χ3v) is 3.64. The second kappa shape index (κ2) is 8.62. The van der Waals surface area contributed by atoms with E-state index in [9.17, 15) is 4.79 Å². The Bertz CT molecular complexity index is 819. The van der Waals surface area contributed by atoms with Gasteiger partial charge in [0.05, 0.1) is 6.54 Å². The van der Waals surface area contributed by atoms with E-state index in [1.807, 2.05) is 39.8 Å². The summed E-state index contributed by atoms with van der Waals surface area (Å²) >= 11 is 0. The molecule has 0 spiro atoms. The average Bonchev–Trinajstić information content (AvgIpc) is 3.04. The molecule has 1 aromatic heterocycles. The number of guanidine groups is 1. The molecule has 2 rings (SSSR count). The molecule has 7 heteroatoms. The van der Waals surface area contributed by atoms with E-state index < -0.39 is 5.91 Å². The van der Waals surface area contributed by atoms with Crippen molar-refractivity contribution >= 4 is 11.9 Å². The van der Waals surface area contributed by atoms with Gasteiger partial charge in [0.1, 0.15) is 17.1 Å². The Morgan fingerprint density at radius 1 is 1.19 bits per heavy atom. The lowest BCUT2D eigenvalue weighted by molar-refractivity contribution is 0.0972. The van der Waals surface area contributed by atoms with Crippen LogP contribution < -0.4 is 21.1 Å². The zero-order chi connectivity index (χ0) is 20.0. The quantitative estimate of drug-likeness (QED) is 0.534. The molecular weight excluding hydrogens is 344 g/mol. The fourth-order valence-electron chi connectivity index (χ4n) is 2.41. The number of furan rings is 1. The van der Waals surface area contributed by atoms with Crippen molar-refractivity contribution in [1.29, 1.82) is 0 Å². The maximum atomic E-state index is 11.1. The lowest BCUT2D eigenvalue weighted by Gasteiger charge is -2.24. The Kier molecular flexibility index (Phi) is 6.50. The molecule has 2 aromatic rings. The topological polar surface area (TPSA) is 102 Å². The number of nitrogens with zero attached hydrogens (tertiary/aromatic N) is 1. The predicted molar refractivity (Wildman–Crippen MR) is 106 cm³/mol. The number of rotatable bonds is 6. The van der Waals surface area contributed by atoms with Gasteiger partial charge in [-0.05, 0) is 51.5 Å². The number of carbonyl (C=O) groups is 1. The lowest BCUT2D eigenvalue weighted by atomic mass is 10.1. The van der Waals surface area contributed by atoms with Crippen LogP contribution in [-0.2, 0) is 13.1 Å². The SMILES string of the molecule is CN=C(NCc1ccc(C(N)=O)o1)NCc1ccc(C)cc1OC(C)(C)C. The van der Waals surface area contributed by atoms with Crippen LogP contribution >= 0.6 is 0 Å². The fourth-order valence-corrected chi connectivity index (χ4v) is 2.41. The number of hydrogen-bond acceptors (Lipinski definition) is 4. The first-order valence-electron chi connectivity index (χ1n) is 8.79. The fraction of sp³-hybridized carbons (Fsp3) is 0.400. The van der Waals surface area contributed by atoms with Crippen molar-refractivity contribution < 1.29 is 13.9 Å². The largest absolute Gasteiger partial charge is 0.488 e. The highest BCUT2D eigenvalue weighted by Crippen LogP contribution is 2.24. The zero-order valence-electron chi connectivity index (χ0n) is 16.6. The molecule has 7 nitrogen and oxygen atoms in total. The normalized spacial score (nSPS) is 12.0. The van der Waals surface area contributed by atoms with Crippen LogP contribution in [0.3, 0.4) is 0 Å². The molecule has 0 atom stereocenters. The standard InChI is InChI=1S/C20H28N4O3/c1-13-6-7-14(17(10-13)27-20(2,3)4)11-23-19(22-5)24-12-15-8-9-16(26-15)18(21)25/h6-10H,11-12H2,1-5H3,(H2,21,25)(H2,22,23,24). The van der Waals surface area contributed by atoms with Crippen molar-refractivity contribution in [2.24, 2.45) is 10.7 Å². The molecule has 27 heavy (non-hydrogen) atoms. The first kappa shape index (κ1) is 20.4. The van der Waals surface area contributed by atoms with Crippen molar-refractivity contribution in [2.45, 2.75) is 46.4 Å². The second-order valence-electron chi connectivity index (χ2n) is 7.24. The van der Waals surface area contributed by atoms with Gasteiger partial charge < -0.3 is 25.5 Å². The van der Waals surface area contributed by atoms with E-state index in [-0.39, 0.29) is 11.4 Å². The molecule has 1 amide bonds. The van der Waals surface area contributed by atoms with Gasteiger partial charge in [-0.1, -0.05) is 12.1 Å². The first-order valence-corrected chi connectivity index (χ1v) is 8.79. The monoisotopic (exact) mass is 372 g/mol. The van der Waals surface area contributed by atoms with E-state index in [1.165, 1.54) is 0 Å². The van der Waals surface area contributed by atoms with Gasteiger partial charge in [-0.3, -0.25) is 9.79 Å². The van der Waals surface area contributed by atoms with Crippen molar-refractivity contribution in [3.63, 3.8) is 0 Å². The molecule has 146 valence electrons. The van der Waals surface area contributed by atoms with Gasteiger partial charge in [0.2, 0.25) is 0 Å². The van der Waals surface area contributed by atoms with Crippen LogP contribution in [0.5, 0.6) is 5.75 Å². The van der Waals surface area contributed by atoms with Crippen molar-refractivity contribution in [2.75, 3.05) is 7.05 Å². The minimum absolute atomic E-state index is 0.137. The Morgan fingerprint density at radius 3 is 2.48 bits per heavy atom. The number of carbonyl (C=O) groups excluding carboxylic acids is 1. The Balaban J connectivity index is 1.98. The molecule has 0 aliphatic carbocycles. The van der Waals surface area contributed by atoms with Gasteiger partial charge in [-0.15, -0.1) is 0 Å². The smallest absolute Gasteiger partial charge is 0.284 e. The lowest BCUT2D eigenvalue weighted by Crippen LogP contribution is -2.36. The van der Waals surface area contributed by atoms with Crippen molar-refractivity contribution in [1.82, 2.24) is 10.6 Å². The number of amides is 1. The van der Waals surface area contributed by atoms with E-state index in [4.69, 9.17) is 14.9 Å². The highest BCUT2D eigenvalue weighted by molar-refractivity contribution is 5.89.